The van der Waals surface area contributed by atoms with Crippen molar-refractivity contribution < 1.29 is 62.3 Å². The number of hydrogen-bond donors (Lipinski definition) is 1. The number of aliphatic hydroxyl groups is 1. The van der Waals surface area contributed by atoms with Gasteiger partial charge in [0, 0.05) is 19.4 Å². The summed E-state index contributed by atoms with van der Waals surface area (Å²) in [5.74, 6) is -3.16. The Balaban J connectivity index is -0.000000378. The summed E-state index contributed by atoms with van der Waals surface area (Å²) in [5, 5.41) is 9.01. The standard InChI is InChI=1S/C18H32O8.C12H20O5.C3H8.C2H6/c1-12(2)24-11-13(3)25-16(20)9-7-6-8-10-23-18(22)15(5)26-17(21)14(4)19;1-7(2)10(13)6-11(14)8(3)17-12(15)9(4)16-5;1-3-2;1-2/h12-15,19H,6-11H2,1-5H3;7-9H,6H2,1-5H3;3H2,1-2H3;1-2H3. The van der Waals surface area contributed by atoms with Gasteiger partial charge in [0.15, 0.2) is 24.1 Å². The molecule has 13 nitrogen and oxygen atoms in total. The Kier molecular flexibility index (Phi) is 35.3. The predicted octanol–water partition coefficient (Wildman–Crippen LogP) is 5.34. The minimum Gasteiger partial charge on any atom is -0.463 e. The molecule has 0 bridgehead atoms. The van der Waals surface area contributed by atoms with Crippen LogP contribution in [0.1, 0.15) is 129 Å². The number of unbranched alkanes of at least 4 members (excludes halogenated alkanes) is 2. The number of aliphatic hydroxyl groups excluding tert-OH is 1. The van der Waals surface area contributed by atoms with Crippen molar-refractivity contribution in [1.29, 1.82) is 0 Å². The van der Waals surface area contributed by atoms with Crippen LogP contribution in [0.5, 0.6) is 0 Å². The second-order valence-electron chi connectivity index (χ2n) is 11.3. The number of carbonyl (C=O) groups is 6. The molecule has 0 aromatic carbocycles. The Morgan fingerprint density at radius 2 is 1.17 bits per heavy atom. The van der Waals surface area contributed by atoms with E-state index in [0.29, 0.717) is 32.3 Å². The zero-order valence-corrected chi connectivity index (χ0v) is 32.0. The van der Waals surface area contributed by atoms with E-state index in [4.69, 9.17) is 33.5 Å². The second-order valence-corrected chi connectivity index (χ2v) is 11.3. The van der Waals surface area contributed by atoms with Crippen molar-refractivity contribution >= 4 is 35.4 Å². The number of hydrogen-bond acceptors (Lipinski definition) is 13. The lowest BCUT2D eigenvalue weighted by Gasteiger charge is -2.15. The fourth-order valence-corrected chi connectivity index (χ4v) is 2.76. The molecule has 0 saturated carbocycles. The molecule has 0 aliphatic carbocycles. The summed E-state index contributed by atoms with van der Waals surface area (Å²) in [6, 6.07) is 0. The molecule has 1 N–H and O–H groups in total. The van der Waals surface area contributed by atoms with Crippen LogP contribution in [-0.4, -0.2) is 97.5 Å². The molecule has 0 heterocycles. The van der Waals surface area contributed by atoms with Gasteiger partial charge in [-0.15, -0.1) is 0 Å². The summed E-state index contributed by atoms with van der Waals surface area (Å²) in [7, 11) is 1.38. The maximum Gasteiger partial charge on any atom is 0.347 e. The van der Waals surface area contributed by atoms with Crippen LogP contribution in [0, 0.1) is 5.92 Å². The zero-order valence-electron chi connectivity index (χ0n) is 32.0. The number of ketones is 2. The van der Waals surface area contributed by atoms with Gasteiger partial charge in [-0.05, 0) is 67.7 Å². The molecular weight excluding hydrogens is 628 g/mol. The minimum atomic E-state index is -1.29. The number of carbonyl (C=O) groups excluding carboxylic acids is 6. The molecule has 0 amide bonds. The van der Waals surface area contributed by atoms with Gasteiger partial charge in [-0.3, -0.25) is 14.4 Å². The van der Waals surface area contributed by atoms with Crippen molar-refractivity contribution in [3.63, 3.8) is 0 Å². The van der Waals surface area contributed by atoms with Crippen LogP contribution in [0.3, 0.4) is 0 Å². The summed E-state index contributed by atoms with van der Waals surface area (Å²) in [6.45, 7) is 23.5. The van der Waals surface area contributed by atoms with Gasteiger partial charge in [0.2, 0.25) is 0 Å². The second kappa shape index (κ2) is 32.6. The van der Waals surface area contributed by atoms with Crippen LogP contribution in [0.15, 0.2) is 0 Å². The van der Waals surface area contributed by atoms with Gasteiger partial charge in [-0.1, -0.05) is 48.0 Å². The zero-order chi connectivity index (χ0) is 38.4. The highest BCUT2D eigenvalue weighted by Gasteiger charge is 2.24. The molecule has 0 aromatic rings. The quantitative estimate of drug-likeness (QED) is 0.0748. The Morgan fingerprint density at radius 3 is 1.62 bits per heavy atom. The van der Waals surface area contributed by atoms with Crippen LogP contribution in [0.4, 0.5) is 0 Å². The molecule has 0 radical (unpaired) electrons. The molecular formula is C35H66O13. The summed E-state index contributed by atoms with van der Waals surface area (Å²) in [4.78, 5) is 68.7. The molecule has 48 heavy (non-hydrogen) atoms. The lowest BCUT2D eigenvalue weighted by atomic mass is 10.0. The number of rotatable bonds is 20. The van der Waals surface area contributed by atoms with Gasteiger partial charge in [0.05, 0.1) is 25.7 Å². The van der Waals surface area contributed by atoms with Crippen molar-refractivity contribution in [1.82, 2.24) is 0 Å². The van der Waals surface area contributed by atoms with E-state index in [0.717, 1.165) is 0 Å². The van der Waals surface area contributed by atoms with Gasteiger partial charge < -0.3 is 33.5 Å². The van der Waals surface area contributed by atoms with E-state index < -0.39 is 42.3 Å². The van der Waals surface area contributed by atoms with Crippen molar-refractivity contribution in [2.75, 3.05) is 20.3 Å². The average Bonchev–Trinajstić information content (AvgIpc) is 3.02. The van der Waals surface area contributed by atoms with Gasteiger partial charge in [0.1, 0.15) is 18.0 Å². The molecule has 0 aromatic heterocycles. The van der Waals surface area contributed by atoms with Crippen LogP contribution < -0.4 is 0 Å². The highest BCUT2D eigenvalue weighted by Crippen LogP contribution is 2.07. The summed E-state index contributed by atoms with van der Waals surface area (Å²) >= 11 is 0. The van der Waals surface area contributed by atoms with Gasteiger partial charge in [-0.2, -0.15) is 0 Å². The smallest absolute Gasteiger partial charge is 0.347 e. The molecule has 13 heteroatoms. The molecule has 0 saturated heterocycles. The SMILES string of the molecule is CC.CC(C)OCC(C)OC(=O)CCCCCOC(=O)C(C)OC(=O)C(C)O.CCC.COC(C)C(=O)OC(C)C(=O)CC(=O)C(C)C. The first kappa shape index (κ1) is 51.9. The van der Waals surface area contributed by atoms with Crippen molar-refractivity contribution in [3.05, 3.63) is 0 Å². The third kappa shape index (κ3) is 31.7. The van der Waals surface area contributed by atoms with Crippen molar-refractivity contribution in [3.8, 4) is 0 Å². The highest BCUT2D eigenvalue weighted by atomic mass is 16.6. The molecule has 0 fully saturated rings. The summed E-state index contributed by atoms with van der Waals surface area (Å²) < 4.78 is 29.9. The fraction of sp³-hybridized carbons (Fsp3) is 0.829. The molecule has 0 rings (SSSR count). The monoisotopic (exact) mass is 694 g/mol. The fourth-order valence-electron chi connectivity index (χ4n) is 2.76. The molecule has 5 unspecified atom stereocenters. The van der Waals surface area contributed by atoms with E-state index in [1.807, 2.05) is 27.7 Å². The van der Waals surface area contributed by atoms with E-state index in [-0.39, 0.29) is 48.7 Å². The Labute approximate surface area is 289 Å². The van der Waals surface area contributed by atoms with Crippen LogP contribution in [-0.2, 0) is 57.2 Å². The molecule has 0 aliphatic rings. The molecule has 0 spiro atoms. The first-order valence-electron chi connectivity index (χ1n) is 17.0. The third-order valence-corrected chi connectivity index (χ3v) is 5.66. The first-order chi connectivity index (χ1) is 22.3. The van der Waals surface area contributed by atoms with Crippen molar-refractivity contribution in [2.24, 2.45) is 5.92 Å². The van der Waals surface area contributed by atoms with Crippen LogP contribution in [0.25, 0.3) is 0 Å². The summed E-state index contributed by atoms with van der Waals surface area (Å²) in [5.41, 5.74) is 0. The van der Waals surface area contributed by atoms with E-state index in [1.165, 1.54) is 41.2 Å². The Hall–Kier alpha value is -2.90. The average molecular weight is 695 g/mol. The van der Waals surface area contributed by atoms with E-state index in [9.17, 15) is 28.8 Å². The Morgan fingerprint density at radius 1 is 0.646 bits per heavy atom. The maximum absolute atomic E-state index is 11.7. The highest BCUT2D eigenvalue weighted by molar-refractivity contribution is 6.02. The normalized spacial score (nSPS) is 13.4. The van der Waals surface area contributed by atoms with Crippen LogP contribution in [0.2, 0.25) is 0 Å². The number of methoxy groups -OCH3 is 1. The Bertz CT molecular complexity index is 884. The van der Waals surface area contributed by atoms with E-state index in [2.05, 4.69) is 13.8 Å². The minimum absolute atomic E-state index is 0.0946. The topological polar surface area (TPSA) is 178 Å². The molecule has 0 aliphatic heterocycles. The lowest BCUT2D eigenvalue weighted by molar-refractivity contribution is -0.171. The molecule has 5 atom stereocenters. The molecule has 284 valence electrons. The van der Waals surface area contributed by atoms with E-state index >= 15 is 0 Å². The first-order valence-corrected chi connectivity index (χ1v) is 17.0. The lowest BCUT2D eigenvalue weighted by Crippen LogP contribution is -2.31. The predicted molar refractivity (Wildman–Crippen MR) is 182 cm³/mol. The van der Waals surface area contributed by atoms with Crippen LogP contribution >= 0.6 is 0 Å². The van der Waals surface area contributed by atoms with Gasteiger partial charge in [-0.25, -0.2) is 14.4 Å². The number of ether oxygens (including phenoxy) is 6. The van der Waals surface area contributed by atoms with Crippen molar-refractivity contribution in [2.45, 2.75) is 165 Å². The van der Waals surface area contributed by atoms with Gasteiger partial charge >= 0.3 is 23.9 Å². The number of Topliss-reactive ketones (excluding diaryl/α,β-unsaturated/α-hetero) is 2. The summed E-state index contributed by atoms with van der Waals surface area (Å²) in [6.07, 6.45) is -0.922. The van der Waals surface area contributed by atoms with Gasteiger partial charge in [0.25, 0.3) is 0 Å². The largest absolute Gasteiger partial charge is 0.463 e. The maximum atomic E-state index is 11.7. The van der Waals surface area contributed by atoms with E-state index in [1.54, 1.807) is 20.8 Å². The third-order valence-electron chi connectivity index (χ3n) is 5.66. The number of esters is 4.